The maximum absolute atomic E-state index is 5.33. The van der Waals surface area contributed by atoms with Crippen molar-refractivity contribution >= 4 is 0 Å². The van der Waals surface area contributed by atoms with Crippen LogP contribution in [0.5, 0.6) is 5.75 Å². The van der Waals surface area contributed by atoms with Gasteiger partial charge in [-0.25, -0.2) is 0 Å². The van der Waals surface area contributed by atoms with Gasteiger partial charge in [0.25, 0.3) is 0 Å². The number of rotatable bonds is 7. The second-order valence-electron chi connectivity index (χ2n) is 5.20. The fourth-order valence-corrected chi connectivity index (χ4v) is 2.56. The number of methoxy groups -OCH3 is 1. The molecular weight excluding hydrogens is 262 g/mol. The van der Waals surface area contributed by atoms with E-state index in [0.717, 1.165) is 30.8 Å². The molecule has 0 aliphatic heterocycles. The Bertz CT molecular complexity index is 577. The number of aryl methyl sites for hydroxylation is 2. The standard InChI is InChI=1S/C17H25N3O/c1-5-14-11-15(20(3)19-14)12-17(18-6-2)13-8-7-9-16(10-13)21-4/h7-11,17-18H,5-6,12H2,1-4H3. The largest absolute Gasteiger partial charge is 0.497 e. The number of nitrogens with one attached hydrogen (secondary N) is 1. The Kier molecular flexibility index (Phi) is 5.39. The van der Waals surface area contributed by atoms with E-state index in [1.54, 1.807) is 7.11 Å². The molecule has 0 saturated heterocycles. The molecule has 0 spiro atoms. The Balaban J connectivity index is 2.23. The Morgan fingerprint density at radius 1 is 1.29 bits per heavy atom. The molecule has 1 N–H and O–H groups in total. The lowest BCUT2D eigenvalue weighted by molar-refractivity contribution is 0.412. The van der Waals surface area contributed by atoms with Gasteiger partial charge in [0.1, 0.15) is 5.75 Å². The van der Waals surface area contributed by atoms with Crippen LogP contribution in [0.1, 0.15) is 36.8 Å². The van der Waals surface area contributed by atoms with Gasteiger partial charge in [0, 0.05) is 25.2 Å². The van der Waals surface area contributed by atoms with Crippen molar-refractivity contribution in [1.82, 2.24) is 15.1 Å². The molecule has 0 amide bonds. The highest BCUT2D eigenvalue weighted by Gasteiger charge is 2.15. The second kappa shape index (κ2) is 7.27. The molecule has 0 radical (unpaired) electrons. The predicted octanol–water partition coefficient (Wildman–Crippen LogP) is 2.88. The summed E-state index contributed by atoms with van der Waals surface area (Å²) in [5.41, 5.74) is 3.64. The molecule has 0 aliphatic carbocycles. The lowest BCUT2D eigenvalue weighted by atomic mass is 10.0. The molecule has 2 rings (SSSR count). The normalized spacial score (nSPS) is 12.4. The van der Waals surface area contributed by atoms with Crippen molar-refractivity contribution in [3.8, 4) is 5.75 Å². The third kappa shape index (κ3) is 3.85. The third-order valence-corrected chi connectivity index (χ3v) is 3.75. The van der Waals surface area contributed by atoms with Crippen LogP contribution in [0.2, 0.25) is 0 Å². The topological polar surface area (TPSA) is 39.1 Å². The summed E-state index contributed by atoms with van der Waals surface area (Å²) in [4.78, 5) is 0. The highest BCUT2D eigenvalue weighted by molar-refractivity contribution is 5.31. The van der Waals surface area contributed by atoms with E-state index in [0.29, 0.717) is 0 Å². The third-order valence-electron chi connectivity index (χ3n) is 3.75. The maximum atomic E-state index is 5.33. The van der Waals surface area contributed by atoms with E-state index in [2.05, 4.69) is 42.5 Å². The van der Waals surface area contributed by atoms with Crippen molar-refractivity contribution in [2.75, 3.05) is 13.7 Å². The quantitative estimate of drug-likeness (QED) is 0.851. The van der Waals surface area contributed by atoms with Crippen molar-refractivity contribution in [2.45, 2.75) is 32.7 Å². The molecule has 2 aromatic rings. The number of aromatic nitrogens is 2. The summed E-state index contributed by atoms with van der Waals surface area (Å²) in [6, 6.07) is 10.7. The smallest absolute Gasteiger partial charge is 0.119 e. The molecule has 0 bridgehead atoms. The van der Waals surface area contributed by atoms with Crippen molar-refractivity contribution in [2.24, 2.45) is 7.05 Å². The van der Waals surface area contributed by atoms with E-state index in [-0.39, 0.29) is 6.04 Å². The van der Waals surface area contributed by atoms with Crippen molar-refractivity contribution in [3.05, 3.63) is 47.3 Å². The fraction of sp³-hybridized carbons (Fsp3) is 0.471. The first kappa shape index (κ1) is 15.6. The maximum Gasteiger partial charge on any atom is 0.119 e. The summed E-state index contributed by atoms with van der Waals surface area (Å²) in [6.45, 7) is 5.20. The number of hydrogen-bond donors (Lipinski definition) is 1. The van der Waals surface area contributed by atoms with Crippen LogP contribution < -0.4 is 10.1 Å². The number of benzene rings is 1. The number of hydrogen-bond acceptors (Lipinski definition) is 3. The molecule has 4 nitrogen and oxygen atoms in total. The van der Waals surface area contributed by atoms with E-state index >= 15 is 0 Å². The SMILES string of the molecule is CCNC(Cc1cc(CC)nn1C)c1cccc(OC)c1. The van der Waals surface area contributed by atoms with Crippen LogP contribution in [0.3, 0.4) is 0 Å². The number of nitrogens with zero attached hydrogens (tertiary/aromatic N) is 2. The summed E-state index contributed by atoms with van der Waals surface area (Å²) in [6.07, 6.45) is 1.89. The minimum absolute atomic E-state index is 0.269. The Morgan fingerprint density at radius 3 is 2.71 bits per heavy atom. The van der Waals surface area contributed by atoms with Crippen molar-refractivity contribution in [3.63, 3.8) is 0 Å². The minimum Gasteiger partial charge on any atom is -0.497 e. The average molecular weight is 287 g/mol. The lowest BCUT2D eigenvalue weighted by Crippen LogP contribution is -2.23. The molecule has 0 saturated carbocycles. The van der Waals surface area contributed by atoms with E-state index in [1.807, 2.05) is 23.9 Å². The monoisotopic (exact) mass is 287 g/mol. The number of likely N-dealkylation sites (N-methyl/N-ethyl adjacent to an activating group) is 1. The summed E-state index contributed by atoms with van der Waals surface area (Å²) in [5.74, 6) is 0.898. The van der Waals surface area contributed by atoms with Gasteiger partial charge < -0.3 is 10.1 Å². The van der Waals surface area contributed by atoms with Crippen LogP contribution in [-0.4, -0.2) is 23.4 Å². The Labute approximate surface area is 127 Å². The van der Waals surface area contributed by atoms with Crippen LogP contribution in [0, 0.1) is 0 Å². The number of ether oxygens (including phenoxy) is 1. The highest BCUT2D eigenvalue weighted by atomic mass is 16.5. The second-order valence-corrected chi connectivity index (χ2v) is 5.20. The van der Waals surface area contributed by atoms with Gasteiger partial charge >= 0.3 is 0 Å². The fourth-order valence-electron chi connectivity index (χ4n) is 2.56. The summed E-state index contributed by atoms with van der Waals surface area (Å²) in [5, 5.41) is 8.09. The molecule has 1 unspecified atom stereocenters. The van der Waals surface area contributed by atoms with Crippen LogP contribution >= 0.6 is 0 Å². The molecule has 1 heterocycles. The minimum atomic E-state index is 0.269. The summed E-state index contributed by atoms with van der Waals surface area (Å²) < 4.78 is 7.32. The van der Waals surface area contributed by atoms with Crippen LogP contribution in [-0.2, 0) is 19.9 Å². The molecule has 1 atom stereocenters. The zero-order valence-corrected chi connectivity index (χ0v) is 13.4. The van der Waals surface area contributed by atoms with Gasteiger partial charge in [-0.2, -0.15) is 5.10 Å². The van der Waals surface area contributed by atoms with Gasteiger partial charge in [-0.3, -0.25) is 4.68 Å². The Hall–Kier alpha value is -1.81. The average Bonchev–Trinajstić information content (AvgIpc) is 2.87. The molecule has 1 aromatic carbocycles. The van der Waals surface area contributed by atoms with Gasteiger partial charge in [0.15, 0.2) is 0 Å². The summed E-state index contributed by atoms with van der Waals surface area (Å²) in [7, 11) is 3.72. The first-order valence-corrected chi connectivity index (χ1v) is 7.57. The molecule has 4 heteroatoms. The summed E-state index contributed by atoms with van der Waals surface area (Å²) >= 11 is 0. The van der Waals surface area contributed by atoms with E-state index in [9.17, 15) is 0 Å². The van der Waals surface area contributed by atoms with E-state index in [4.69, 9.17) is 4.74 Å². The van der Waals surface area contributed by atoms with Crippen LogP contribution in [0.15, 0.2) is 30.3 Å². The van der Waals surface area contributed by atoms with Crippen LogP contribution in [0.4, 0.5) is 0 Å². The van der Waals surface area contributed by atoms with Gasteiger partial charge in [-0.05, 0) is 36.7 Å². The molecule has 0 aliphatic rings. The predicted molar refractivity (Wildman–Crippen MR) is 85.7 cm³/mol. The lowest BCUT2D eigenvalue weighted by Gasteiger charge is -2.19. The first-order valence-electron chi connectivity index (χ1n) is 7.57. The van der Waals surface area contributed by atoms with Crippen molar-refractivity contribution < 1.29 is 4.74 Å². The van der Waals surface area contributed by atoms with Gasteiger partial charge in [-0.15, -0.1) is 0 Å². The molecule has 1 aromatic heterocycles. The molecule has 21 heavy (non-hydrogen) atoms. The highest BCUT2D eigenvalue weighted by Crippen LogP contribution is 2.22. The van der Waals surface area contributed by atoms with Gasteiger partial charge in [0.2, 0.25) is 0 Å². The van der Waals surface area contributed by atoms with E-state index < -0.39 is 0 Å². The van der Waals surface area contributed by atoms with E-state index in [1.165, 1.54) is 11.3 Å². The zero-order valence-electron chi connectivity index (χ0n) is 13.4. The van der Waals surface area contributed by atoms with Gasteiger partial charge in [-0.1, -0.05) is 26.0 Å². The molecular formula is C17H25N3O. The van der Waals surface area contributed by atoms with Gasteiger partial charge in [0.05, 0.1) is 12.8 Å². The Morgan fingerprint density at radius 2 is 2.10 bits per heavy atom. The molecule has 0 fully saturated rings. The zero-order chi connectivity index (χ0) is 15.2. The van der Waals surface area contributed by atoms with Crippen LogP contribution in [0.25, 0.3) is 0 Å². The van der Waals surface area contributed by atoms with Crippen molar-refractivity contribution in [1.29, 1.82) is 0 Å². The molecule has 114 valence electrons. The first-order chi connectivity index (χ1) is 10.2.